The highest BCUT2D eigenvalue weighted by Gasteiger charge is 1.99. The standard InChI is InChI=1S/C44H80N2/c45-41-33-29-25-21-17-13-9-5-1-3-7-11-15-19-23-27-31-35-43-37-39-44(40-38-43)36-32-28-24-20-16-12-8-4-2-6-10-14-18-22-26-30-34-42-46/h1-2,5-6,37-40H,3-4,7-36,41-42,45-46H2. The highest BCUT2D eigenvalue weighted by molar-refractivity contribution is 5.22. The Hall–Kier alpha value is -1.38. The highest BCUT2D eigenvalue weighted by atomic mass is 14.5. The minimum atomic E-state index is 0.857. The Balaban J connectivity index is 1.83. The molecule has 1 aromatic rings. The van der Waals surface area contributed by atoms with Crippen LogP contribution >= 0.6 is 0 Å². The zero-order valence-electron chi connectivity index (χ0n) is 30.8. The normalized spacial score (nSPS) is 11.9. The first-order valence-electron chi connectivity index (χ1n) is 20.6. The van der Waals surface area contributed by atoms with Crippen molar-refractivity contribution in [3.8, 4) is 0 Å². The fourth-order valence-corrected chi connectivity index (χ4v) is 6.52. The van der Waals surface area contributed by atoms with Gasteiger partial charge in [-0.05, 0) is 114 Å². The number of aryl methyl sites for hydroxylation is 2. The third-order valence-electron chi connectivity index (χ3n) is 9.68. The SMILES string of the molecule is NCCCCCCCCC=CCCCCCCCCCc1ccc(CCCCCCCCCC=CCCCCCCCCN)cc1. The van der Waals surface area contributed by atoms with Crippen molar-refractivity contribution in [2.75, 3.05) is 13.1 Å². The van der Waals surface area contributed by atoms with E-state index < -0.39 is 0 Å². The largest absolute Gasteiger partial charge is 0.330 e. The molecule has 1 aromatic carbocycles. The van der Waals surface area contributed by atoms with E-state index in [1.54, 1.807) is 0 Å². The van der Waals surface area contributed by atoms with E-state index in [1.807, 2.05) is 0 Å². The number of hydrogen-bond donors (Lipinski definition) is 2. The molecular formula is C44H80N2. The number of hydrogen-bond acceptors (Lipinski definition) is 2. The summed E-state index contributed by atoms with van der Waals surface area (Å²) in [6.45, 7) is 1.71. The Morgan fingerprint density at radius 3 is 0.761 bits per heavy atom. The number of rotatable bonds is 36. The van der Waals surface area contributed by atoms with Gasteiger partial charge in [0.2, 0.25) is 0 Å². The van der Waals surface area contributed by atoms with Crippen LogP contribution in [0.1, 0.15) is 204 Å². The maximum Gasteiger partial charge on any atom is -0.00773 e. The lowest BCUT2D eigenvalue weighted by atomic mass is 10.0. The molecule has 0 fully saturated rings. The van der Waals surface area contributed by atoms with E-state index in [4.69, 9.17) is 11.5 Å². The average Bonchev–Trinajstić information content (AvgIpc) is 3.07. The van der Waals surface area contributed by atoms with Gasteiger partial charge in [-0.25, -0.2) is 0 Å². The van der Waals surface area contributed by atoms with Crippen LogP contribution in [0, 0.1) is 0 Å². The second kappa shape index (κ2) is 36.5. The van der Waals surface area contributed by atoms with Gasteiger partial charge in [0.05, 0.1) is 0 Å². The second-order valence-corrected chi connectivity index (χ2v) is 14.2. The minimum absolute atomic E-state index is 0.857. The molecule has 2 nitrogen and oxygen atoms in total. The van der Waals surface area contributed by atoms with E-state index in [2.05, 4.69) is 48.6 Å². The van der Waals surface area contributed by atoms with Gasteiger partial charge in [-0.2, -0.15) is 0 Å². The third kappa shape index (κ3) is 31.2. The van der Waals surface area contributed by atoms with Gasteiger partial charge < -0.3 is 11.5 Å². The molecule has 0 spiro atoms. The predicted molar refractivity (Wildman–Crippen MR) is 209 cm³/mol. The van der Waals surface area contributed by atoms with Crippen LogP contribution in [0.15, 0.2) is 48.6 Å². The van der Waals surface area contributed by atoms with E-state index in [0.29, 0.717) is 0 Å². The first-order valence-corrected chi connectivity index (χ1v) is 20.6. The molecule has 0 atom stereocenters. The van der Waals surface area contributed by atoms with Crippen LogP contribution in [0.2, 0.25) is 0 Å². The molecule has 2 heteroatoms. The van der Waals surface area contributed by atoms with Crippen molar-refractivity contribution >= 4 is 0 Å². The molecule has 0 saturated heterocycles. The van der Waals surface area contributed by atoms with Gasteiger partial charge in [-0.3, -0.25) is 0 Å². The van der Waals surface area contributed by atoms with Crippen LogP contribution in [-0.2, 0) is 12.8 Å². The molecule has 0 saturated carbocycles. The summed E-state index contributed by atoms with van der Waals surface area (Å²) in [6, 6.07) is 9.58. The van der Waals surface area contributed by atoms with Gasteiger partial charge in [-0.15, -0.1) is 0 Å². The number of nitrogens with two attached hydrogens (primary N) is 2. The molecule has 0 aliphatic rings. The molecule has 0 radical (unpaired) electrons. The summed E-state index contributed by atoms with van der Waals surface area (Å²) in [7, 11) is 0. The molecule has 0 bridgehead atoms. The Morgan fingerprint density at radius 1 is 0.283 bits per heavy atom. The number of unbranched alkanes of at least 4 members (excludes halogenated alkanes) is 26. The lowest BCUT2D eigenvalue weighted by molar-refractivity contribution is 0.579. The van der Waals surface area contributed by atoms with Crippen molar-refractivity contribution in [2.24, 2.45) is 11.5 Å². The second-order valence-electron chi connectivity index (χ2n) is 14.2. The van der Waals surface area contributed by atoms with Gasteiger partial charge in [-0.1, -0.05) is 164 Å². The molecule has 0 aliphatic carbocycles. The molecule has 0 unspecified atom stereocenters. The van der Waals surface area contributed by atoms with Gasteiger partial charge in [0.1, 0.15) is 0 Å². The van der Waals surface area contributed by atoms with Gasteiger partial charge in [0.15, 0.2) is 0 Å². The molecule has 1 rings (SSSR count). The molecule has 0 aromatic heterocycles. The van der Waals surface area contributed by atoms with Gasteiger partial charge in [0, 0.05) is 0 Å². The average molecular weight is 637 g/mol. The lowest BCUT2D eigenvalue weighted by Crippen LogP contribution is -1.97. The summed E-state index contributed by atoms with van der Waals surface area (Å²) < 4.78 is 0. The van der Waals surface area contributed by atoms with Gasteiger partial charge >= 0.3 is 0 Å². The predicted octanol–water partition coefficient (Wildman–Crippen LogP) is 13.5. The van der Waals surface area contributed by atoms with E-state index >= 15 is 0 Å². The Bertz CT molecular complexity index is 700. The lowest BCUT2D eigenvalue weighted by Gasteiger charge is -2.06. The van der Waals surface area contributed by atoms with Crippen LogP contribution in [0.5, 0.6) is 0 Å². The fourth-order valence-electron chi connectivity index (χ4n) is 6.52. The Labute approximate surface area is 289 Å². The Morgan fingerprint density at radius 2 is 0.500 bits per heavy atom. The monoisotopic (exact) mass is 637 g/mol. The summed E-state index contributed by atoms with van der Waals surface area (Å²) >= 11 is 0. The number of benzene rings is 1. The Kier molecular flexibility index (Phi) is 33.8. The van der Waals surface area contributed by atoms with Crippen molar-refractivity contribution in [3.05, 3.63) is 59.7 Å². The summed E-state index contributed by atoms with van der Waals surface area (Å²) in [6.07, 6.45) is 52.9. The summed E-state index contributed by atoms with van der Waals surface area (Å²) in [5.74, 6) is 0. The number of allylic oxidation sites excluding steroid dienone is 4. The maximum atomic E-state index is 5.55. The summed E-state index contributed by atoms with van der Waals surface area (Å²) in [5.41, 5.74) is 14.2. The highest BCUT2D eigenvalue weighted by Crippen LogP contribution is 2.16. The van der Waals surface area contributed by atoms with Crippen LogP contribution in [-0.4, -0.2) is 13.1 Å². The van der Waals surface area contributed by atoms with Crippen molar-refractivity contribution in [1.82, 2.24) is 0 Å². The molecule has 0 amide bonds. The maximum absolute atomic E-state index is 5.55. The molecule has 4 N–H and O–H groups in total. The molecule has 266 valence electrons. The van der Waals surface area contributed by atoms with Crippen molar-refractivity contribution in [3.63, 3.8) is 0 Å². The smallest absolute Gasteiger partial charge is 0.00773 e. The van der Waals surface area contributed by atoms with Crippen LogP contribution in [0.4, 0.5) is 0 Å². The van der Waals surface area contributed by atoms with Crippen molar-refractivity contribution in [2.45, 2.75) is 205 Å². The van der Waals surface area contributed by atoms with Crippen molar-refractivity contribution < 1.29 is 0 Å². The van der Waals surface area contributed by atoms with Crippen LogP contribution in [0.3, 0.4) is 0 Å². The first-order chi connectivity index (χ1) is 22.9. The molecule has 46 heavy (non-hydrogen) atoms. The summed E-state index contributed by atoms with van der Waals surface area (Å²) in [5, 5.41) is 0. The fraction of sp³-hybridized carbons (Fsp3) is 0.773. The topological polar surface area (TPSA) is 52.0 Å². The third-order valence-corrected chi connectivity index (χ3v) is 9.68. The minimum Gasteiger partial charge on any atom is -0.330 e. The van der Waals surface area contributed by atoms with E-state index in [9.17, 15) is 0 Å². The zero-order valence-corrected chi connectivity index (χ0v) is 30.8. The van der Waals surface area contributed by atoms with Crippen LogP contribution in [0.25, 0.3) is 0 Å². The van der Waals surface area contributed by atoms with E-state index in [1.165, 1.54) is 217 Å². The van der Waals surface area contributed by atoms with Crippen LogP contribution < -0.4 is 11.5 Å². The first kappa shape index (κ1) is 42.6. The quantitative estimate of drug-likeness (QED) is 0.0569. The summed E-state index contributed by atoms with van der Waals surface area (Å²) in [4.78, 5) is 0. The van der Waals surface area contributed by atoms with E-state index in [0.717, 1.165) is 13.1 Å². The molecule has 0 aliphatic heterocycles. The van der Waals surface area contributed by atoms with Gasteiger partial charge in [0.25, 0.3) is 0 Å². The van der Waals surface area contributed by atoms with E-state index in [-0.39, 0.29) is 0 Å². The van der Waals surface area contributed by atoms with Crippen molar-refractivity contribution in [1.29, 1.82) is 0 Å². The zero-order chi connectivity index (χ0) is 32.9. The molecular weight excluding hydrogens is 556 g/mol. The molecule has 0 heterocycles.